The molecule has 2 saturated heterocycles. The molecule has 6 heteroatoms. The molecule has 0 unspecified atom stereocenters. The Kier molecular flexibility index (Phi) is 4.50. The molecule has 1 atom stereocenters. The smallest absolute Gasteiger partial charge is 0.225 e. The number of aryl methyl sites for hydroxylation is 1. The lowest BCUT2D eigenvalue weighted by molar-refractivity contribution is 0.0990. The molecule has 5 nitrogen and oxygen atoms in total. The van der Waals surface area contributed by atoms with E-state index in [2.05, 4.69) is 37.1 Å². The maximum absolute atomic E-state index is 4.58. The average molecular weight is 344 g/mol. The van der Waals surface area contributed by atoms with E-state index in [1.54, 1.807) is 11.3 Å². The summed E-state index contributed by atoms with van der Waals surface area (Å²) in [6, 6.07) is 0. The highest BCUT2D eigenvalue weighted by Crippen LogP contribution is 2.40. The number of nitrogens with zero attached hydrogens (tertiary/aromatic N) is 5. The third-order valence-electron chi connectivity index (χ3n) is 5.40. The molecule has 1 spiro atoms. The first kappa shape index (κ1) is 16.0. The molecule has 2 aliphatic rings. The maximum Gasteiger partial charge on any atom is 0.225 e. The van der Waals surface area contributed by atoms with Gasteiger partial charge in [-0.2, -0.15) is 0 Å². The molecule has 0 aliphatic carbocycles. The Morgan fingerprint density at radius 1 is 1.12 bits per heavy atom. The van der Waals surface area contributed by atoms with Gasteiger partial charge < -0.3 is 4.90 Å². The SMILES string of the molecule is CCc1cnc(N2CC[C@]3(CCCN(Cc4nccs4)C3)C2)nc1. The number of thiazole rings is 1. The van der Waals surface area contributed by atoms with Crippen LogP contribution in [0.15, 0.2) is 24.0 Å². The van der Waals surface area contributed by atoms with Gasteiger partial charge in [-0.05, 0) is 37.8 Å². The molecule has 2 aliphatic heterocycles. The van der Waals surface area contributed by atoms with Crippen LogP contribution >= 0.6 is 11.3 Å². The van der Waals surface area contributed by atoms with Gasteiger partial charge in [0.05, 0.1) is 6.54 Å². The Morgan fingerprint density at radius 3 is 2.75 bits per heavy atom. The largest absolute Gasteiger partial charge is 0.340 e. The van der Waals surface area contributed by atoms with E-state index in [9.17, 15) is 0 Å². The van der Waals surface area contributed by atoms with Gasteiger partial charge >= 0.3 is 0 Å². The highest BCUT2D eigenvalue weighted by molar-refractivity contribution is 7.09. The molecule has 2 fully saturated rings. The highest BCUT2D eigenvalue weighted by atomic mass is 32.1. The molecule has 4 rings (SSSR count). The first-order chi connectivity index (χ1) is 11.8. The van der Waals surface area contributed by atoms with Crippen molar-refractivity contribution in [1.29, 1.82) is 0 Å². The van der Waals surface area contributed by atoms with E-state index in [1.807, 2.05) is 18.6 Å². The standard InChI is InChI=1S/C18H25N5S/c1-2-15-10-20-17(21-11-15)23-8-5-18(14-23)4-3-7-22(13-18)12-16-19-6-9-24-16/h6,9-11H,2-5,7-8,12-14H2,1H3/t18-/m0/s1. The van der Waals surface area contributed by atoms with Crippen molar-refractivity contribution in [2.45, 2.75) is 39.2 Å². The van der Waals surface area contributed by atoms with E-state index in [0.717, 1.165) is 32.0 Å². The quantitative estimate of drug-likeness (QED) is 0.854. The number of anilines is 1. The maximum atomic E-state index is 4.58. The Morgan fingerprint density at radius 2 is 2.00 bits per heavy atom. The van der Waals surface area contributed by atoms with E-state index < -0.39 is 0 Å². The van der Waals surface area contributed by atoms with Crippen LogP contribution in [-0.2, 0) is 13.0 Å². The van der Waals surface area contributed by atoms with Gasteiger partial charge in [-0.15, -0.1) is 11.3 Å². The lowest BCUT2D eigenvalue weighted by atomic mass is 9.79. The molecule has 24 heavy (non-hydrogen) atoms. The summed E-state index contributed by atoms with van der Waals surface area (Å²) in [6.07, 6.45) is 10.7. The molecule has 0 N–H and O–H groups in total. The van der Waals surface area contributed by atoms with Crippen LogP contribution in [0.25, 0.3) is 0 Å². The fourth-order valence-corrected chi connectivity index (χ4v) is 4.76. The van der Waals surface area contributed by atoms with Crippen LogP contribution in [0.5, 0.6) is 0 Å². The number of hydrogen-bond acceptors (Lipinski definition) is 6. The fraction of sp³-hybridized carbons (Fsp3) is 0.611. The lowest BCUT2D eigenvalue weighted by Gasteiger charge is -2.40. The molecule has 0 amide bonds. The fourth-order valence-electron chi connectivity index (χ4n) is 4.10. The molecule has 4 heterocycles. The summed E-state index contributed by atoms with van der Waals surface area (Å²) in [5.74, 6) is 0.904. The van der Waals surface area contributed by atoms with Crippen LogP contribution in [0.4, 0.5) is 5.95 Å². The molecule has 128 valence electrons. The number of likely N-dealkylation sites (tertiary alicyclic amines) is 1. The number of rotatable bonds is 4. The topological polar surface area (TPSA) is 45.2 Å². The monoisotopic (exact) mass is 343 g/mol. The minimum absolute atomic E-state index is 0.405. The Labute approximate surface area is 147 Å². The zero-order valence-electron chi connectivity index (χ0n) is 14.3. The Bertz CT molecular complexity index is 657. The highest BCUT2D eigenvalue weighted by Gasteiger charge is 2.42. The molecular formula is C18H25N5S. The Balaban J connectivity index is 1.42. The van der Waals surface area contributed by atoms with E-state index in [4.69, 9.17) is 0 Å². The summed E-state index contributed by atoms with van der Waals surface area (Å²) in [7, 11) is 0. The van der Waals surface area contributed by atoms with E-state index in [0.29, 0.717) is 5.41 Å². The van der Waals surface area contributed by atoms with Gasteiger partial charge in [0.1, 0.15) is 5.01 Å². The second kappa shape index (κ2) is 6.76. The molecule has 0 saturated carbocycles. The van der Waals surface area contributed by atoms with Crippen molar-refractivity contribution < 1.29 is 0 Å². The zero-order valence-corrected chi connectivity index (χ0v) is 15.1. The van der Waals surface area contributed by atoms with Gasteiger partial charge in [0.15, 0.2) is 0 Å². The summed E-state index contributed by atoms with van der Waals surface area (Å²) >= 11 is 1.77. The molecule has 2 aromatic heterocycles. The van der Waals surface area contributed by atoms with Crippen LogP contribution in [0, 0.1) is 5.41 Å². The predicted octanol–water partition coefficient (Wildman–Crippen LogP) is 2.99. The van der Waals surface area contributed by atoms with Crippen LogP contribution in [-0.4, -0.2) is 46.0 Å². The minimum Gasteiger partial charge on any atom is -0.340 e. The molecule has 0 radical (unpaired) electrons. The lowest BCUT2D eigenvalue weighted by Crippen LogP contribution is -2.44. The molecule has 0 aromatic carbocycles. The summed E-state index contributed by atoms with van der Waals surface area (Å²) < 4.78 is 0. The van der Waals surface area contributed by atoms with Gasteiger partial charge in [-0.25, -0.2) is 15.0 Å². The van der Waals surface area contributed by atoms with E-state index in [1.165, 1.54) is 42.9 Å². The summed E-state index contributed by atoms with van der Waals surface area (Å²) in [4.78, 5) is 18.6. The van der Waals surface area contributed by atoms with E-state index >= 15 is 0 Å². The van der Waals surface area contributed by atoms with Crippen molar-refractivity contribution in [2.75, 3.05) is 31.1 Å². The van der Waals surface area contributed by atoms with Gasteiger partial charge in [0, 0.05) is 49.0 Å². The third kappa shape index (κ3) is 3.30. The number of piperidine rings is 1. The minimum atomic E-state index is 0.405. The first-order valence-corrected chi connectivity index (χ1v) is 9.81. The van der Waals surface area contributed by atoms with Crippen LogP contribution in [0.3, 0.4) is 0 Å². The van der Waals surface area contributed by atoms with Gasteiger partial charge in [-0.1, -0.05) is 6.92 Å². The summed E-state index contributed by atoms with van der Waals surface area (Å²) in [6.45, 7) is 7.69. The number of aromatic nitrogens is 3. The third-order valence-corrected chi connectivity index (χ3v) is 6.17. The normalized spacial score (nSPS) is 24.8. The van der Waals surface area contributed by atoms with Gasteiger partial charge in [0.25, 0.3) is 0 Å². The second-order valence-corrected chi connectivity index (χ2v) is 8.14. The first-order valence-electron chi connectivity index (χ1n) is 8.93. The van der Waals surface area contributed by atoms with Crippen molar-refractivity contribution in [1.82, 2.24) is 19.9 Å². The van der Waals surface area contributed by atoms with Crippen LogP contribution in [0.2, 0.25) is 0 Å². The van der Waals surface area contributed by atoms with Crippen molar-refractivity contribution in [3.05, 3.63) is 34.5 Å². The zero-order chi connectivity index (χ0) is 16.4. The molecule has 0 bridgehead atoms. The van der Waals surface area contributed by atoms with Gasteiger partial charge in [0.2, 0.25) is 5.95 Å². The summed E-state index contributed by atoms with van der Waals surface area (Å²) in [5, 5.41) is 3.31. The number of hydrogen-bond donors (Lipinski definition) is 0. The molecular weight excluding hydrogens is 318 g/mol. The Hall–Kier alpha value is -1.53. The average Bonchev–Trinajstić information content (AvgIpc) is 3.26. The molecule has 2 aromatic rings. The van der Waals surface area contributed by atoms with Crippen molar-refractivity contribution >= 4 is 17.3 Å². The van der Waals surface area contributed by atoms with E-state index in [-0.39, 0.29) is 0 Å². The van der Waals surface area contributed by atoms with Crippen LogP contribution < -0.4 is 4.90 Å². The second-order valence-electron chi connectivity index (χ2n) is 7.16. The van der Waals surface area contributed by atoms with Gasteiger partial charge in [-0.3, -0.25) is 4.90 Å². The van der Waals surface area contributed by atoms with Crippen molar-refractivity contribution in [2.24, 2.45) is 5.41 Å². The van der Waals surface area contributed by atoms with Crippen molar-refractivity contribution in [3.63, 3.8) is 0 Å². The van der Waals surface area contributed by atoms with Crippen molar-refractivity contribution in [3.8, 4) is 0 Å². The predicted molar refractivity (Wildman–Crippen MR) is 97.3 cm³/mol. The summed E-state index contributed by atoms with van der Waals surface area (Å²) in [5.41, 5.74) is 1.61. The van der Waals surface area contributed by atoms with Crippen LogP contribution in [0.1, 0.15) is 36.8 Å².